The van der Waals surface area contributed by atoms with E-state index in [0.717, 1.165) is 11.1 Å². The van der Waals surface area contributed by atoms with E-state index in [1.165, 1.54) is 17.3 Å². The maximum atomic E-state index is 13.1. The second-order valence-corrected chi connectivity index (χ2v) is 7.14. The number of aromatic amines is 1. The summed E-state index contributed by atoms with van der Waals surface area (Å²) >= 11 is 0. The first-order valence-electron chi connectivity index (χ1n) is 9.64. The van der Waals surface area contributed by atoms with Crippen LogP contribution >= 0.6 is 0 Å². The Balaban J connectivity index is 1.57. The van der Waals surface area contributed by atoms with E-state index in [4.69, 9.17) is 5.73 Å². The Morgan fingerprint density at radius 3 is 2.61 bits per heavy atom. The number of nitrogen functional groups attached to an aromatic ring is 1. The number of H-pyrrole nitrogens is 1. The number of rotatable bonds is 5. The van der Waals surface area contributed by atoms with E-state index in [0.29, 0.717) is 22.3 Å². The molecule has 4 rings (SSSR count). The molecule has 31 heavy (non-hydrogen) atoms. The molecular formula is C22H21N7O2. The molecule has 156 valence electrons. The fourth-order valence-electron chi connectivity index (χ4n) is 3.17. The minimum Gasteiger partial charge on any atom is -0.383 e. The lowest BCUT2D eigenvalue weighted by Crippen LogP contribution is -2.39. The van der Waals surface area contributed by atoms with Crippen LogP contribution in [0.1, 0.15) is 16.8 Å². The molecule has 0 saturated heterocycles. The average molecular weight is 415 g/mol. The van der Waals surface area contributed by atoms with Crippen molar-refractivity contribution in [3.63, 3.8) is 0 Å². The molecule has 3 heterocycles. The molecule has 9 nitrogen and oxygen atoms in total. The SMILES string of the molecule is Cc1ccc(CN(Cc2ccccn2)C(=O)C(=O)Nc2cnc(N)c3cn[nH]c23)cc1. The number of hydrogen-bond donors (Lipinski definition) is 3. The van der Waals surface area contributed by atoms with Crippen molar-refractivity contribution in [2.45, 2.75) is 20.0 Å². The molecule has 0 aliphatic carbocycles. The van der Waals surface area contributed by atoms with Gasteiger partial charge in [0.25, 0.3) is 0 Å². The topological polar surface area (TPSA) is 130 Å². The summed E-state index contributed by atoms with van der Waals surface area (Å²) in [5.74, 6) is -1.19. The Morgan fingerprint density at radius 1 is 1.06 bits per heavy atom. The van der Waals surface area contributed by atoms with Crippen molar-refractivity contribution in [2.24, 2.45) is 0 Å². The van der Waals surface area contributed by atoms with E-state index in [1.807, 2.05) is 43.3 Å². The first-order valence-corrected chi connectivity index (χ1v) is 9.64. The van der Waals surface area contributed by atoms with Gasteiger partial charge in [-0.05, 0) is 24.6 Å². The maximum absolute atomic E-state index is 13.1. The first-order chi connectivity index (χ1) is 15.0. The van der Waals surface area contributed by atoms with Crippen molar-refractivity contribution in [3.05, 3.63) is 77.9 Å². The van der Waals surface area contributed by atoms with Gasteiger partial charge in [0.05, 0.1) is 41.2 Å². The normalized spacial score (nSPS) is 10.7. The van der Waals surface area contributed by atoms with Gasteiger partial charge < -0.3 is 16.0 Å². The molecule has 0 radical (unpaired) electrons. The third kappa shape index (κ3) is 4.50. The van der Waals surface area contributed by atoms with E-state index >= 15 is 0 Å². The highest BCUT2D eigenvalue weighted by molar-refractivity contribution is 6.40. The van der Waals surface area contributed by atoms with Crippen molar-refractivity contribution in [3.8, 4) is 0 Å². The van der Waals surface area contributed by atoms with Gasteiger partial charge in [-0.1, -0.05) is 35.9 Å². The Labute approximate surface area is 178 Å². The molecule has 0 bridgehead atoms. The number of aryl methyl sites for hydroxylation is 1. The van der Waals surface area contributed by atoms with E-state index in [-0.39, 0.29) is 18.9 Å². The lowest BCUT2D eigenvalue weighted by atomic mass is 10.1. The molecule has 0 aliphatic heterocycles. The minimum absolute atomic E-state index is 0.195. The van der Waals surface area contributed by atoms with Gasteiger partial charge in [-0.2, -0.15) is 5.10 Å². The standard InChI is InChI=1S/C22H21N7O2/c1-14-5-7-15(8-6-14)12-29(13-16-4-2-3-9-24-16)22(31)21(30)27-18-11-25-20(23)17-10-26-28-19(17)18/h2-11H,12-13H2,1H3,(H2,23,25)(H,26,28)(H,27,30). The smallest absolute Gasteiger partial charge is 0.314 e. The average Bonchev–Trinajstić information content (AvgIpc) is 3.28. The van der Waals surface area contributed by atoms with Crippen LogP contribution in [0.15, 0.2) is 61.1 Å². The molecule has 0 atom stereocenters. The van der Waals surface area contributed by atoms with E-state index < -0.39 is 11.8 Å². The van der Waals surface area contributed by atoms with Crippen LogP contribution in [0.3, 0.4) is 0 Å². The maximum Gasteiger partial charge on any atom is 0.314 e. The number of amides is 2. The zero-order chi connectivity index (χ0) is 21.8. The van der Waals surface area contributed by atoms with Gasteiger partial charge >= 0.3 is 11.8 Å². The fraction of sp³-hybridized carbons (Fsp3) is 0.136. The predicted molar refractivity (Wildman–Crippen MR) is 117 cm³/mol. The van der Waals surface area contributed by atoms with Crippen LogP contribution in [-0.4, -0.2) is 36.9 Å². The molecule has 2 amide bonds. The number of hydrogen-bond acceptors (Lipinski definition) is 6. The number of nitrogens with two attached hydrogens (primary N) is 1. The van der Waals surface area contributed by atoms with E-state index in [1.54, 1.807) is 12.3 Å². The fourth-order valence-corrected chi connectivity index (χ4v) is 3.17. The number of pyridine rings is 2. The molecular weight excluding hydrogens is 394 g/mol. The van der Waals surface area contributed by atoms with Crippen molar-refractivity contribution in [1.82, 2.24) is 25.1 Å². The molecule has 0 saturated carbocycles. The number of anilines is 2. The number of carbonyl (C=O) groups is 2. The van der Waals surface area contributed by atoms with Crippen LogP contribution in [0.5, 0.6) is 0 Å². The summed E-state index contributed by atoms with van der Waals surface area (Å²) in [4.78, 5) is 35.7. The number of carbonyl (C=O) groups excluding carboxylic acids is 2. The van der Waals surface area contributed by atoms with Crippen LogP contribution < -0.4 is 11.1 Å². The predicted octanol–water partition coefficient (Wildman–Crippen LogP) is 2.41. The quantitative estimate of drug-likeness (QED) is 0.429. The Hall–Kier alpha value is -4.27. The van der Waals surface area contributed by atoms with Crippen molar-refractivity contribution in [2.75, 3.05) is 11.1 Å². The molecule has 4 aromatic rings. The van der Waals surface area contributed by atoms with Crippen LogP contribution in [0, 0.1) is 6.92 Å². The van der Waals surface area contributed by atoms with Crippen LogP contribution in [0.2, 0.25) is 0 Å². The minimum atomic E-state index is -0.787. The summed E-state index contributed by atoms with van der Waals surface area (Å²) < 4.78 is 0. The molecule has 0 spiro atoms. The lowest BCUT2D eigenvalue weighted by Gasteiger charge is -2.22. The number of fused-ring (bicyclic) bond motifs is 1. The largest absolute Gasteiger partial charge is 0.383 e. The Bertz CT molecular complexity index is 1220. The summed E-state index contributed by atoms with van der Waals surface area (Å²) in [6, 6.07) is 13.2. The zero-order valence-corrected chi connectivity index (χ0v) is 16.9. The molecule has 3 aromatic heterocycles. The summed E-state index contributed by atoms with van der Waals surface area (Å²) in [7, 11) is 0. The molecule has 1 aromatic carbocycles. The molecule has 0 fully saturated rings. The highest BCUT2D eigenvalue weighted by Crippen LogP contribution is 2.24. The van der Waals surface area contributed by atoms with Gasteiger partial charge in [0.15, 0.2) is 0 Å². The third-order valence-corrected chi connectivity index (χ3v) is 4.82. The van der Waals surface area contributed by atoms with Crippen LogP contribution in [0.25, 0.3) is 10.9 Å². The summed E-state index contributed by atoms with van der Waals surface area (Å²) in [6.07, 6.45) is 4.56. The Kier molecular flexibility index (Phi) is 5.57. The van der Waals surface area contributed by atoms with Gasteiger partial charge in [-0.3, -0.25) is 19.7 Å². The van der Waals surface area contributed by atoms with Crippen molar-refractivity contribution >= 4 is 34.2 Å². The van der Waals surface area contributed by atoms with Crippen molar-refractivity contribution in [1.29, 1.82) is 0 Å². The molecule has 0 unspecified atom stereocenters. The highest BCUT2D eigenvalue weighted by Gasteiger charge is 2.24. The summed E-state index contributed by atoms with van der Waals surface area (Å²) in [5.41, 5.74) is 9.36. The number of nitrogens with one attached hydrogen (secondary N) is 2. The first kappa shape index (κ1) is 20.0. The summed E-state index contributed by atoms with van der Waals surface area (Å²) in [6.45, 7) is 2.45. The molecule has 9 heteroatoms. The van der Waals surface area contributed by atoms with Gasteiger partial charge in [0.1, 0.15) is 5.82 Å². The third-order valence-electron chi connectivity index (χ3n) is 4.82. The number of aromatic nitrogens is 4. The second kappa shape index (κ2) is 8.62. The van der Waals surface area contributed by atoms with E-state index in [9.17, 15) is 9.59 Å². The zero-order valence-electron chi connectivity index (χ0n) is 16.9. The highest BCUT2D eigenvalue weighted by atomic mass is 16.2. The monoisotopic (exact) mass is 415 g/mol. The molecule has 4 N–H and O–H groups in total. The van der Waals surface area contributed by atoms with Gasteiger partial charge in [-0.15, -0.1) is 0 Å². The van der Waals surface area contributed by atoms with Gasteiger partial charge in [0.2, 0.25) is 0 Å². The number of benzene rings is 1. The van der Waals surface area contributed by atoms with Crippen LogP contribution in [-0.2, 0) is 22.7 Å². The lowest BCUT2D eigenvalue weighted by molar-refractivity contribution is -0.144. The van der Waals surface area contributed by atoms with Gasteiger partial charge in [0, 0.05) is 12.7 Å². The molecule has 0 aliphatic rings. The second-order valence-electron chi connectivity index (χ2n) is 7.14. The number of nitrogens with zero attached hydrogens (tertiary/aromatic N) is 4. The van der Waals surface area contributed by atoms with Gasteiger partial charge in [-0.25, -0.2) is 4.98 Å². The van der Waals surface area contributed by atoms with Crippen LogP contribution in [0.4, 0.5) is 11.5 Å². The van der Waals surface area contributed by atoms with Crippen molar-refractivity contribution < 1.29 is 9.59 Å². The van der Waals surface area contributed by atoms with E-state index in [2.05, 4.69) is 25.5 Å². The summed E-state index contributed by atoms with van der Waals surface area (Å²) in [5, 5.41) is 9.88. The Morgan fingerprint density at radius 2 is 1.87 bits per heavy atom.